The average Bonchev–Trinajstić information content (AvgIpc) is 1.76. The summed E-state index contributed by atoms with van der Waals surface area (Å²) in [5, 5.41) is 22.0. The molecule has 0 bridgehead atoms. The van der Waals surface area contributed by atoms with Crippen LogP contribution in [0.5, 0.6) is 0 Å². The Balaban J connectivity index is 0.000000183. The number of amides is 4. The van der Waals surface area contributed by atoms with Crippen molar-refractivity contribution in [3.05, 3.63) is 236 Å². The largest absolute Gasteiger partial charge is 0.446 e. The van der Waals surface area contributed by atoms with Crippen LogP contribution in [0.2, 0.25) is 10.0 Å². The van der Waals surface area contributed by atoms with Crippen molar-refractivity contribution in [3.8, 4) is 0 Å². The fraction of sp³-hybridized carbons (Fsp3) is 0.457. The molecule has 6 aliphatic rings. The molecular weight excluding hydrogens is 1340 g/mol. The van der Waals surface area contributed by atoms with E-state index in [-0.39, 0.29) is 42.2 Å². The molecule has 14 rings (SSSR count). The van der Waals surface area contributed by atoms with Gasteiger partial charge in [0.15, 0.2) is 0 Å². The third-order valence-corrected chi connectivity index (χ3v) is 22.0. The zero-order valence-electron chi connectivity index (χ0n) is 59.4. The molecular formula is C81H96Cl2N12O8. The van der Waals surface area contributed by atoms with Crippen LogP contribution in [0.1, 0.15) is 150 Å². The molecule has 0 spiro atoms. The molecule has 2 N–H and O–H groups in total. The number of piperazine rings is 2. The number of nitrogens with zero attached hydrogens (tertiary/aromatic N) is 12. The van der Waals surface area contributed by atoms with E-state index < -0.39 is 29.9 Å². The van der Waals surface area contributed by atoms with Gasteiger partial charge in [-0.3, -0.25) is 39.2 Å². The van der Waals surface area contributed by atoms with E-state index in [0.29, 0.717) is 127 Å². The van der Waals surface area contributed by atoms with Gasteiger partial charge < -0.3 is 38.6 Å². The summed E-state index contributed by atoms with van der Waals surface area (Å²) < 4.78 is 16.3. The lowest BCUT2D eigenvalue weighted by Crippen LogP contribution is -2.62. The minimum absolute atomic E-state index is 0.104. The maximum Gasteiger partial charge on any atom is 0.410 e. The van der Waals surface area contributed by atoms with Crippen LogP contribution in [0.4, 0.5) is 9.59 Å². The van der Waals surface area contributed by atoms with Gasteiger partial charge in [-0.15, -0.1) is 0 Å². The van der Waals surface area contributed by atoms with E-state index in [2.05, 4.69) is 56.2 Å². The summed E-state index contributed by atoms with van der Waals surface area (Å²) in [6, 6.07) is 38.5. The van der Waals surface area contributed by atoms with E-state index in [0.717, 1.165) is 96.6 Å². The van der Waals surface area contributed by atoms with Gasteiger partial charge in [-0.25, -0.2) is 19.6 Å². The molecule has 22 heteroatoms. The molecule has 4 aromatic heterocycles. The number of aliphatic hydroxyl groups is 2. The van der Waals surface area contributed by atoms with E-state index in [9.17, 15) is 24.6 Å². The monoisotopic (exact) mass is 1430 g/mol. The molecule has 4 aliphatic carbocycles. The minimum Gasteiger partial charge on any atom is -0.446 e. The number of fused-ring (bicyclic) bond motifs is 4. The molecule has 4 aromatic carbocycles. The first kappa shape index (κ1) is 72.8. The number of carbonyl (C=O) groups excluding carboxylic acids is 4. The number of hydrogen-bond donors (Lipinski definition) is 2. The number of halogens is 2. The molecule has 6 heterocycles. The van der Waals surface area contributed by atoms with E-state index in [1.54, 1.807) is 9.80 Å². The smallest absolute Gasteiger partial charge is 0.410 e. The maximum atomic E-state index is 15.0. The first-order valence-electron chi connectivity index (χ1n) is 36.8. The number of rotatable bonds is 18. The Morgan fingerprint density at radius 3 is 1.39 bits per heavy atom. The van der Waals surface area contributed by atoms with Crippen molar-refractivity contribution in [1.82, 2.24) is 58.5 Å². The fourth-order valence-corrected chi connectivity index (χ4v) is 16.4. The first-order chi connectivity index (χ1) is 49.9. The van der Waals surface area contributed by atoms with Crippen molar-refractivity contribution >= 4 is 47.2 Å². The highest BCUT2D eigenvalue weighted by Gasteiger charge is 2.46. The van der Waals surface area contributed by atoms with Crippen molar-refractivity contribution in [2.45, 2.75) is 185 Å². The maximum absolute atomic E-state index is 15.0. The van der Waals surface area contributed by atoms with Gasteiger partial charge in [0, 0.05) is 113 Å². The highest BCUT2D eigenvalue weighted by molar-refractivity contribution is 6.31. The summed E-state index contributed by atoms with van der Waals surface area (Å²) in [6.07, 6.45) is 19.1. The Bertz CT molecular complexity index is 4200. The fourth-order valence-electron chi connectivity index (χ4n) is 16.0. The molecule has 2 aliphatic heterocycles. The zero-order valence-corrected chi connectivity index (χ0v) is 60.9. The molecule has 4 fully saturated rings. The van der Waals surface area contributed by atoms with Gasteiger partial charge in [0.2, 0.25) is 11.8 Å². The summed E-state index contributed by atoms with van der Waals surface area (Å²) in [4.78, 5) is 88.5. The Morgan fingerprint density at radius 1 is 0.534 bits per heavy atom. The Morgan fingerprint density at radius 2 is 0.961 bits per heavy atom. The number of aliphatic hydroxyl groups excluding tert-OH is 1. The van der Waals surface area contributed by atoms with Gasteiger partial charge in [0.25, 0.3) is 0 Å². The van der Waals surface area contributed by atoms with Crippen molar-refractivity contribution in [1.29, 1.82) is 0 Å². The van der Waals surface area contributed by atoms with Gasteiger partial charge in [-0.2, -0.15) is 0 Å². The number of carbonyl (C=O) groups is 4. The molecule has 4 atom stereocenters. The molecule has 2 unspecified atom stereocenters. The van der Waals surface area contributed by atoms with Crippen LogP contribution >= 0.6 is 23.2 Å². The van der Waals surface area contributed by atoms with Crippen LogP contribution in [0.15, 0.2) is 159 Å². The second-order valence-electron chi connectivity index (χ2n) is 29.1. The number of ether oxygens (including phenoxy) is 2. The quantitative estimate of drug-likeness (QED) is 0.0819. The van der Waals surface area contributed by atoms with E-state index >= 15 is 4.79 Å². The average molecular weight is 1440 g/mol. The van der Waals surface area contributed by atoms with Crippen LogP contribution < -0.4 is 0 Å². The molecule has 2 saturated carbocycles. The predicted molar refractivity (Wildman–Crippen MR) is 395 cm³/mol. The summed E-state index contributed by atoms with van der Waals surface area (Å²) in [5.74, 6) is -0.210. The number of aromatic nitrogens is 6. The number of hydrogen-bond acceptors (Lipinski definition) is 14. The lowest BCUT2D eigenvalue weighted by atomic mass is 9.85. The number of imidazole rings is 2. The number of pyridine rings is 2. The van der Waals surface area contributed by atoms with Crippen LogP contribution in [0.25, 0.3) is 0 Å². The second-order valence-corrected chi connectivity index (χ2v) is 30.0. The SMILES string of the molecule is Cc1cn(CCCN(Cc2ccccc2)C(=O)[C@H]2CN(C3c4ccc(Cl)cc4CCc4cccnc43)CCN2C(=O)OC2CCC(C)(O)CC2)cn1.Cc1cn(CCCN(Cc2ccccc2)C(=O)[C@H]2CN(C3c4ccc(Cl)cc4CCc4cccnc43)CCN2C(=O)OC2CCC(O)CC2)cn1. The van der Waals surface area contributed by atoms with Crippen LogP contribution in [0.3, 0.4) is 0 Å². The molecule has 2 saturated heterocycles. The zero-order chi connectivity index (χ0) is 71.6. The standard InChI is InChI=1S/C41H49ClN6O4.C40H47ClN6O4/c1-29-25-45(28-44-29)20-7-21-47(26-30-8-4-3-5-9-30)39(49)36-27-46(22-23-48(36)40(50)52-34-15-17-41(2,51)18-16-34)38-35-14-13-33(42)24-32(35)12-11-31-10-6-19-43-37(31)38;1-28-24-44(27-43-28)19-6-20-46(25-29-7-3-2-4-8-29)39(49)36-26-45(21-22-47(36)40(50)51-34-15-13-33(48)14-16-34)38-35-17-12-32(41)23-31(35)11-10-30-9-5-18-42-37(30)38/h3-6,8-10,13-14,19,24-25,28,34,36,38,51H,7,11-12,15-18,20-23,26-27H2,1-2H3;2-5,7-9,12,17-18,23-24,27,33-34,36,38,48H,6,10-11,13-16,19-22,25-26H2,1H3/t34?,36-,38?,41?;33?,34?,36-,38?/m11/s1. The van der Waals surface area contributed by atoms with Gasteiger partial charge in [0.1, 0.15) is 24.3 Å². The normalized spacial score (nSPS) is 22.7. The van der Waals surface area contributed by atoms with Crippen LogP contribution in [0, 0.1) is 13.8 Å². The molecule has 4 amide bonds. The summed E-state index contributed by atoms with van der Waals surface area (Å²) in [7, 11) is 0. The van der Waals surface area contributed by atoms with Gasteiger partial charge in [-0.1, -0.05) is 108 Å². The third kappa shape index (κ3) is 18.2. The highest BCUT2D eigenvalue weighted by Crippen LogP contribution is 2.41. The molecule has 0 radical (unpaired) electrons. The number of benzene rings is 4. The Kier molecular flexibility index (Phi) is 23.7. The van der Waals surface area contributed by atoms with Crippen molar-refractivity contribution in [2.75, 3.05) is 52.4 Å². The summed E-state index contributed by atoms with van der Waals surface area (Å²) >= 11 is 13.0. The predicted octanol–water partition coefficient (Wildman–Crippen LogP) is 12.3. The number of aryl methyl sites for hydroxylation is 8. The lowest BCUT2D eigenvalue weighted by molar-refractivity contribution is -0.141. The summed E-state index contributed by atoms with van der Waals surface area (Å²) in [6.45, 7) is 11.5. The summed E-state index contributed by atoms with van der Waals surface area (Å²) in [5.41, 5.74) is 12.2. The minimum atomic E-state index is -0.779. The topological polar surface area (TPSA) is 208 Å². The highest BCUT2D eigenvalue weighted by atomic mass is 35.5. The second kappa shape index (κ2) is 33.5. The van der Waals surface area contributed by atoms with Crippen LogP contribution in [-0.2, 0) is 70.9 Å². The Labute approximate surface area is 614 Å². The Hall–Kier alpha value is -8.50. The molecule has 542 valence electrons. The van der Waals surface area contributed by atoms with Crippen molar-refractivity contribution in [2.24, 2.45) is 0 Å². The molecule has 20 nitrogen and oxygen atoms in total. The molecule has 8 aromatic rings. The van der Waals surface area contributed by atoms with Gasteiger partial charge >= 0.3 is 12.2 Å². The van der Waals surface area contributed by atoms with Gasteiger partial charge in [-0.05, 0) is 192 Å². The van der Waals surface area contributed by atoms with E-state index in [4.69, 9.17) is 42.6 Å². The van der Waals surface area contributed by atoms with E-state index in [1.165, 1.54) is 22.3 Å². The van der Waals surface area contributed by atoms with Gasteiger partial charge in [0.05, 0.1) is 59.2 Å². The first-order valence-corrected chi connectivity index (χ1v) is 37.6. The lowest BCUT2D eigenvalue weighted by Gasteiger charge is -2.45. The van der Waals surface area contributed by atoms with Crippen molar-refractivity contribution < 1.29 is 38.9 Å². The van der Waals surface area contributed by atoms with Crippen LogP contribution in [-0.4, -0.2) is 181 Å². The van der Waals surface area contributed by atoms with Crippen molar-refractivity contribution in [3.63, 3.8) is 0 Å². The third-order valence-electron chi connectivity index (χ3n) is 21.5. The molecule has 103 heavy (non-hydrogen) atoms. The van der Waals surface area contributed by atoms with E-state index in [1.807, 2.05) is 162 Å².